The number of hydrogen-bond donors (Lipinski definition) is 1. The van der Waals surface area contributed by atoms with Crippen LogP contribution < -0.4 is 10.2 Å². The molecular formula is C22H24Cl2N2O3. The maximum Gasteiger partial charge on any atom is 0.408 e. The number of carbonyl (C=O) groups excluding carboxylic acids is 2. The van der Waals surface area contributed by atoms with Gasteiger partial charge in [-0.15, -0.1) is 0 Å². The van der Waals surface area contributed by atoms with Gasteiger partial charge in [-0.25, -0.2) is 4.79 Å². The lowest BCUT2D eigenvalue weighted by molar-refractivity contribution is -0.121. The number of amides is 2. The molecule has 0 unspecified atom stereocenters. The molecule has 2 aromatic rings. The molecule has 7 heteroatoms. The van der Waals surface area contributed by atoms with Crippen LogP contribution in [0.2, 0.25) is 10.0 Å². The van der Waals surface area contributed by atoms with Crippen molar-refractivity contribution in [2.75, 3.05) is 4.90 Å². The summed E-state index contributed by atoms with van der Waals surface area (Å²) in [7, 11) is 0. The summed E-state index contributed by atoms with van der Waals surface area (Å²) in [6.07, 6.45) is -0.249. The predicted octanol–water partition coefficient (Wildman–Crippen LogP) is 5.54. The molecule has 1 aliphatic heterocycles. The second kappa shape index (κ2) is 8.25. The summed E-state index contributed by atoms with van der Waals surface area (Å²) >= 11 is 12.2. The highest BCUT2D eigenvalue weighted by molar-refractivity contribution is 6.31. The van der Waals surface area contributed by atoms with Gasteiger partial charge in [0.1, 0.15) is 11.6 Å². The summed E-state index contributed by atoms with van der Waals surface area (Å²) in [6.45, 7) is 7.27. The first-order chi connectivity index (χ1) is 13.5. The highest BCUT2D eigenvalue weighted by Gasteiger charge is 2.37. The minimum atomic E-state index is -0.728. The average Bonchev–Trinajstić information content (AvgIpc) is 2.61. The van der Waals surface area contributed by atoms with Crippen LogP contribution in [0.5, 0.6) is 0 Å². The van der Waals surface area contributed by atoms with Gasteiger partial charge < -0.3 is 15.0 Å². The summed E-state index contributed by atoms with van der Waals surface area (Å²) in [6, 6.07) is 11.8. The topological polar surface area (TPSA) is 58.6 Å². The third-order valence-corrected chi connectivity index (χ3v) is 5.18. The van der Waals surface area contributed by atoms with E-state index >= 15 is 0 Å². The molecule has 0 aromatic heterocycles. The molecule has 0 saturated heterocycles. The van der Waals surface area contributed by atoms with Crippen molar-refractivity contribution in [2.45, 2.75) is 51.8 Å². The molecule has 3 rings (SSSR count). The molecular weight excluding hydrogens is 411 g/mol. The third-order valence-electron chi connectivity index (χ3n) is 4.70. The quantitative estimate of drug-likeness (QED) is 0.689. The highest BCUT2D eigenvalue weighted by atomic mass is 35.5. The van der Waals surface area contributed by atoms with E-state index in [1.54, 1.807) is 49.9 Å². The van der Waals surface area contributed by atoms with Gasteiger partial charge in [0.05, 0.1) is 6.04 Å². The van der Waals surface area contributed by atoms with Crippen molar-refractivity contribution in [3.8, 4) is 0 Å². The zero-order chi connectivity index (χ0) is 21.3. The van der Waals surface area contributed by atoms with Crippen LogP contribution >= 0.6 is 23.2 Å². The molecule has 2 atom stereocenters. The van der Waals surface area contributed by atoms with E-state index in [-0.39, 0.29) is 11.9 Å². The van der Waals surface area contributed by atoms with Crippen LogP contribution in [0.1, 0.15) is 44.9 Å². The minimum Gasteiger partial charge on any atom is -0.444 e. The minimum absolute atomic E-state index is 0.215. The molecule has 0 radical (unpaired) electrons. The van der Waals surface area contributed by atoms with Crippen LogP contribution in [-0.4, -0.2) is 23.6 Å². The number of nitrogens with zero attached hydrogens (tertiary/aromatic N) is 1. The van der Waals surface area contributed by atoms with Crippen molar-refractivity contribution in [1.82, 2.24) is 5.32 Å². The first-order valence-electron chi connectivity index (χ1n) is 9.41. The Morgan fingerprint density at radius 1 is 1.14 bits per heavy atom. The van der Waals surface area contributed by atoms with Crippen LogP contribution in [0.4, 0.5) is 10.5 Å². The Kier molecular flexibility index (Phi) is 6.11. The second-order valence-electron chi connectivity index (χ2n) is 8.11. The van der Waals surface area contributed by atoms with Crippen LogP contribution in [0, 0.1) is 0 Å². The Morgan fingerprint density at radius 3 is 2.38 bits per heavy atom. The fourth-order valence-corrected chi connectivity index (χ4v) is 3.67. The molecule has 1 heterocycles. The van der Waals surface area contributed by atoms with E-state index in [0.717, 1.165) is 16.8 Å². The number of rotatable bonds is 3. The van der Waals surface area contributed by atoms with Gasteiger partial charge in [0.2, 0.25) is 0 Å². The summed E-state index contributed by atoms with van der Waals surface area (Å²) < 4.78 is 5.33. The number of anilines is 1. The monoisotopic (exact) mass is 434 g/mol. The van der Waals surface area contributed by atoms with Crippen molar-refractivity contribution in [1.29, 1.82) is 0 Å². The van der Waals surface area contributed by atoms with Crippen LogP contribution in [0.3, 0.4) is 0 Å². The zero-order valence-corrected chi connectivity index (χ0v) is 18.3. The van der Waals surface area contributed by atoms with Crippen molar-refractivity contribution in [2.24, 2.45) is 0 Å². The summed E-state index contributed by atoms with van der Waals surface area (Å²) in [5, 5.41) is 3.89. The van der Waals surface area contributed by atoms with E-state index in [1.807, 2.05) is 25.1 Å². The van der Waals surface area contributed by atoms with Gasteiger partial charge in [0.25, 0.3) is 5.91 Å². The molecule has 2 amide bonds. The van der Waals surface area contributed by atoms with Crippen LogP contribution in [-0.2, 0) is 16.0 Å². The van der Waals surface area contributed by atoms with Gasteiger partial charge in [-0.3, -0.25) is 4.79 Å². The molecule has 0 saturated carbocycles. The van der Waals surface area contributed by atoms with Gasteiger partial charge in [0.15, 0.2) is 0 Å². The normalized spacial score (nSPS) is 17.5. The molecule has 0 fully saturated rings. The molecule has 1 N–H and O–H groups in total. The Bertz CT molecular complexity index is 923. The van der Waals surface area contributed by atoms with E-state index in [1.165, 1.54) is 0 Å². The predicted molar refractivity (Wildman–Crippen MR) is 116 cm³/mol. The van der Waals surface area contributed by atoms with Crippen molar-refractivity contribution < 1.29 is 14.3 Å². The Hall–Kier alpha value is -2.24. The Morgan fingerprint density at radius 2 is 1.76 bits per heavy atom. The standard InChI is InChI=1S/C22H24Cl2N2O3/c1-13(14-5-8-16(23)9-6-14)26-19-12-17(24)10-7-15(19)11-18(20(26)27)25-21(28)29-22(2,3)4/h5-10,12-13,18H,11H2,1-4H3,(H,25,28)/t13-,18+/m0/s1. The number of carbonyl (C=O) groups is 2. The second-order valence-corrected chi connectivity index (χ2v) is 8.98. The summed E-state index contributed by atoms with van der Waals surface area (Å²) in [5.41, 5.74) is 1.94. The highest BCUT2D eigenvalue weighted by Crippen LogP contribution is 2.37. The number of halogens is 2. The number of fused-ring (bicyclic) bond motifs is 1. The van der Waals surface area contributed by atoms with E-state index in [0.29, 0.717) is 16.5 Å². The van der Waals surface area contributed by atoms with Gasteiger partial charge in [-0.05, 0) is 63.1 Å². The average molecular weight is 435 g/mol. The summed E-state index contributed by atoms with van der Waals surface area (Å²) in [4.78, 5) is 27.3. The van der Waals surface area contributed by atoms with Crippen molar-refractivity contribution >= 4 is 40.9 Å². The smallest absolute Gasteiger partial charge is 0.408 e. The SMILES string of the molecule is C[C@@H](c1ccc(Cl)cc1)N1C(=O)[C@H](NC(=O)OC(C)(C)C)Cc2ccc(Cl)cc21. The van der Waals surface area contributed by atoms with Crippen molar-refractivity contribution in [3.63, 3.8) is 0 Å². The molecule has 1 aliphatic rings. The Labute approximate surface area is 180 Å². The van der Waals surface area contributed by atoms with E-state index in [4.69, 9.17) is 27.9 Å². The van der Waals surface area contributed by atoms with E-state index in [2.05, 4.69) is 5.32 Å². The van der Waals surface area contributed by atoms with Gasteiger partial charge in [-0.2, -0.15) is 0 Å². The molecule has 29 heavy (non-hydrogen) atoms. The summed E-state index contributed by atoms with van der Waals surface area (Å²) in [5.74, 6) is -0.215. The third kappa shape index (κ3) is 5.03. The largest absolute Gasteiger partial charge is 0.444 e. The number of nitrogens with one attached hydrogen (secondary N) is 1. The van der Waals surface area contributed by atoms with Gasteiger partial charge in [-0.1, -0.05) is 41.4 Å². The van der Waals surface area contributed by atoms with Gasteiger partial charge in [0, 0.05) is 22.2 Å². The molecule has 0 bridgehead atoms. The fraction of sp³-hybridized carbons (Fsp3) is 0.364. The molecule has 0 spiro atoms. The fourth-order valence-electron chi connectivity index (χ4n) is 3.38. The number of hydrogen-bond acceptors (Lipinski definition) is 3. The van der Waals surface area contributed by atoms with E-state index in [9.17, 15) is 9.59 Å². The number of benzene rings is 2. The molecule has 154 valence electrons. The number of alkyl carbamates (subject to hydrolysis) is 1. The molecule has 0 aliphatic carbocycles. The molecule has 5 nitrogen and oxygen atoms in total. The number of ether oxygens (including phenoxy) is 1. The van der Waals surface area contributed by atoms with Crippen LogP contribution in [0.25, 0.3) is 0 Å². The molecule has 2 aromatic carbocycles. The first kappa shape index (κ1) is 21.5. The maximum atomic E-state index is 13.4. The van der Waals surface area contributed by atoms with E-state index < -0.39 is 17.7 Å². The zero-order valence-electron chi connectivity index (χ0n) is 16.8. The lowest BCUT2D eigenvalue weighted by atomic mass is 9.94. The lowest BCUT2D eigenvalue weighted by Gasteiger charge is -2.38. The van der Waals surface area contributed by atoms with Crippen molar-refractivity contribution in [3.05, 3.63) is 63.6 Å². The maximum absolute atomic E-state index is 13.4. The lowest BCUT2D eigenvalue weighted by Crippen LogP contribution is -2.54. The van der Waals surface area contributed by atoms with Crippen LogP contribution in [0.15, 0.2) is 42.5 Å². The Balaban J connectivity index is 1.94. The van der Waals surface area contributed by atoms with Gasteiger partial charge >= 0.3 is 6.09 Å². The first-order valence-corrected chi connectivity index (χ1v) is 10.2.